The molecule has 0 aliphatic carbocycles. The normalized spacial score (nSPS) is 11.9. The molecule has 1 heterocycles. The smallest absolute Gasteiger partial charge is 0.240 e. The van der Waals surface area contributed by atoms with E-state index < -0.39 is 5.92 Å². The van der Waals surface area contributed by atoms with E-state index in [2.05, 4.69) is 11.2 Å². The first-order valence-corrected chi connectivity index (χ1v) is 7.15. The Labute approximate surface area is 120 Å². The monoisotopic (exact) mass is 277 g/mol. The molecule has 0 fully saturated rings. The van der Waals surface area contributed by atoms with Gasteiger partial charge in [-0.2, -0.15) is 5.26 Å². The van der Waals surface area contributed by atoms with E-state index in [1.54, 1.807) is 4.90 Å². The summed E-state index contributed by atoms with van der Waals surface area (Å²) in [6.45, 7) is 9.11. The van der Waals surface area contributed by atoms with Crippen LogP contribution in [-0.2, 0) is 11.2 Å². The number of rotatable bonds is 7. The summed E-state index contributed by atoms with van der Waals surface area (Å²) in [6.07, 6.45) is 2.17. The molecule has 0 saturated heterocycles. The maximum absolute atomic E-state index is 12.5. The zero-order valence-electron chi connectivity index (χ0n) is 12.8. The van der Waals surface area contributed by atoms with E-state index in [0.717, 1.165) is 24.1 Å². The Bertz CT molecular complexity index is 462. The van der Waals surface area contributed by atoms with E-state index in [1.807, 2.05) is 27.7 Å². The van der Waals surface area contributed by atoms with Gasteiger partial charge in [0.1, 0.15) is 11.7 Å². The first kappa shape index (κ1) is 16.2. The Morgan fingerprint density at radius 1 is 1.35 bits per heavy atom. The minimum Gasteiger partial charge on any atom is -0.361 e. The van der Waals surface area contributed by atoms with Gasteiger partial charge in [0, 0.05) is 25.1 Å². The largest absolute Gasteiger partial charge is 0.361 e. The summed E-state index contributed by atoms with van der Waals surface area (Å²) < 4.78 is 5.09. The molecule has 20 heavy (non-hydrogen) atoms. The second kappa shape index (κ2) is 7.68. The van der Waals surface area contributed by atoms with Gasteiger partial charge in [-0.1, -0.05) is 19.0 Å². The van der Waals surface area contributed by atoms with Crippen LogP contribution in [0.25, 0.3) is 0 Å². The number of aryl methyl sites for hydroxylation is 2. The van der Waals surface area contributed by atoms with Crippen LogP contribution in [0.15, 0.2) is 4.52 Å². The number of hydrogen-bond donors (Lipinski definition) is 0. The maximum atomic E-state index is 12.5. The number of nitriles is 1. The van der Waals surface area contributed by atoms with Gasteiger partial charge in [0.15, 0.2) is 0 Å². The van der Waals surface area contributed by atoms with Gasteiger partial charge < -0.3 is 9.42 Å². The minimum atomic E-state index is -0.662. The number of carbonyl (C=O) groups excluding carboxylic acids is 1. The first-order valence-electron chi connectivity index (χ1n) is 7.15. The van der Waals surface area contributed by atoms with Gasteiger partial charge in [-0.05, 0) is 26.7 Å². The van der Waals surface area contributed by atoms with Crippen LogP contribution < -0.4 is 0 Å². The molecule has 110 valence electrons. The van der Waals surface area contributed by atoms with Crippen LogP contribution in [0, 0.1) is 31.1 Å². The van der Waals surface area contributed by atoms with Crippen molar-refractivity contribution >= 4 is 5.91 Å². The predicted octanol–water partition coefficient (Wildman–Crippen LogP) is 2.62. The van der Waals surface area contributed by atoms with Crippen molar-refractivity contribution in [3.63, 3.8) is 0 Å². The zero-order chi connectivity index (χ0) is 15.1. The van der Waals surface area contributed by atoms with Gasteiger partial charge >= 0.3 is 0 Å². The summed E-state index contributed by atoms with van der Waals surface area (Å²) >= 11 is 0. The zero-order valence-corrected chi connectivity index (χ0v) is 12.8. The van der Waals surface area contributed by atoms with Gasteiger partial charge in [-0.3, -0.25) is 4.79 Å². The summed E-state index contributed by atoms with van der Waals surface area (Å²) in [5, 5.41) is 13.2. The van der Waals surface area contributed by atoms with Crippen LogP contribution in [-0.4, -0.2) is 29.1 Å². The molecule has 1 aromatic heterocycles. The molecule has 0 spiro atoms. The Morgan fingerprint density at radius 3 is 2.35 bits per heavy atom. The highest BCUT2D eigenvalue weighted by molar-refractivity contribution is 5.81. The Kier molecular flexibility index (Phi) is 6.23. The van der Waals surface area contributed by atoms with Gasteiger partial charge in [0.2, 0.25) is 5.91 Å². The summed E-state index contributed by atoms with van der Waals surface area (Å²) in [7, 11) is 0. The molecule has 5 nitrogen and oxygen atoms in total. The molecule has 0 bridgehead atoms. The lowest BCUT2D eigenvalue weighted by atomic mass is 9.98. The highest BCUT2D eigenvalue weighted by Crippen LogP contribution is 2.18. The van der Waals surface area contributed by atoms with Crippen LogP contribution in [0.1, 0.15) is 43.7 Å². The van der Waals surface area contributed by atoms with Crippen molar-refractivity contribution in [2.75, 3.05) is 13.1 Å². The van der Waals surface area contributed by atoms with Crippen molar-refractivity contribution in [3.8, 4) is 6.07 Å². The van der Waals surface area contributed by atoms with Crippen LogP contribution in [0.4, 0.5) is 0 Å². The molecule has 0 aliphatic rings. The van der Waals surface area contributed by atoms with Crippen LogP contribution in [0.2, 0.25) is 0 Å². The van der Waals surface area contributed by atoms with Crippen molar-refractivity contribution in [1.29, 1.82) is 5.26 Å². The molecule has 0 saturated carbocycles. The SMILES string of the molecule is CCCN(CCC)C(=O)C(C#N)Cc1c(C)noc1C. The van der Waals surface area contributed by atoms with Crippen LogP contribution >= 0.6 is 0 Å². The van der Waals surface area contributed by atoms with Crippen LogP contribution in [0.5, 0.6) is 0 Å². The highest BCUT2D eigenvalue weighted by Gasteiger charge is 2.26. The average molecular weight is 277 g/mol. The minimum absolute atomic E-state index is 0.0869. The highest BCUT2D eigenvalue weighted by atomic mass is 16.5. The van der Waals surface area contributed by atoms with E-state index >= 15 is 0 Å². The molecular weight excluding hydrogens is 254 g/mol. The lowest BCUT2D eigenvalue weighted by Crippen LogP contribution is -2.37. The maximum Gasteiger partial charge on any atom is 0.240 e. The van der Waals surface area contributed by atoms with Crippen molar-refractivity contribution < 1.29 is 9.32 Å². The average Bonchev–Trinajstić information content (AvgIpc) is 2.75. The third kappa shape index (κ3) is 3.83. The van der Waals surface area contributed by atoms with Crippen molar-refractivity contribution in [2.45, 2.75) is 47.0 Å². The number of hydrogen-bond acceptors (Lipinski definition) is 4. The molecular formula is C15H23N3O2. The Hall–Kier alpha value is -1.83. The molecule has 5 heteroatoms. The fourth-order valence-corrected chi connectivity index (χ4v) is 2.28. The van der Waals surface area contributed by atoms with Gasteiger partial charge in [-0.15, -0.1) is 0 Å². The quantitative estimate of drug-likeness (QED) is 0.768. The molecule has 0 N–H and O–H groups in total. The molecule has 1 rings (SSSR count). The van der Waals surface area contributed by atoms with E-state index in [0.29, 0.717) is 25.3 Å². The second-order valence-corrected chi connectivity index (χ2v) is 5.01. The molecule has 0 aromatic carbocycles. The topological polar surface area (TPSA) is 70.1 Å². The molecule has 1 atom stereocenters. The van der Waals surface area contributed by atoms with E-state index in [1.165, 1.54) is 0 Å². The van der Waals surface area contributed by atoms with Crippen LogP contribution in [0.3, 0.4) is 0 Å². The first-order chi connectivity index (χ1) is 9.54. The van der Waals surface area contributed by atoms with Gasteiger partial charge in [0.25, 0.3) is 0 Å². The second-order valence-electron chi connectivity index (χ2n) is 5.01. The molecule has 0 radical (unpaired) electrons. The summed E-state index contributed by atoms with van der Waals surface area (Å²) in [4.78, 5) is 14.2. The van der Waals surface area contributed by atoms with Crippen molar-refractivity contribution in [2.24, 2.45) is 5.92 Å². The fourth-order valence-electron chi connectivity index (χ4n) is 2.28. The van der Waals surface area contributed by atoms with Gasteiger partial charge in [0.05, 0.1) is 11.8 Å². The molecule has 1 aromatic rings. The van der Waals surface area contributed by atoms with Crippen molar-refractivity contribution in [3.05, 3.63) is 17.0 Å². The summed E-state index contributed by atoms with van der Waals surface area (Å²) in [5.74, 6) is -0.0609. The lowest BCUT2D eigenvalue weighted by Gasteiger charge is -2.23. The Morgan fingerprint density at radius 2 is 1.95 bits per heavy atom. The third-order valence-corrected chi connectivity index (χ3v) is 3.34. The third-order valence-electron chi connectivity index (χ3n) is 3.34. The number of amides is 1. The van der Waals surface area contributed by atoms with Crippen molar-refractivity contribution in [1.82, 2.24) is 10.1 Å². The molecule has 1 unspecified atom stereocenters. The predicted molar refractivity (Wildman–Crippen MR) is 75.9 cm³/mol. The molecule has 0 aliphatic heterocycles. The lowest BCUT2D eigenvalue weighted by molar-refractivity contribution is -0.133. The van der Waals surface area contributed by atoms with E-state index in [-0.39, 0.29) is 5.91 Å². The number of carbonyl (C=O) groups is 1. The number of aromatic nitrogens is 1. The summed E-state index contributed by atoms with van der Waals surface area (Å²) in [6, 6.07) is 2.13. The summed E-state index contributed by atoms with van der Waals surface area (Å²) in [5.41, 5.74) is 1.63. The number of nitrogens with zero attached hydrogens (tertiary/aromatic N) is 3. The molecule has 1 amide bonds. The van der Waals surface area contributed by atoms with E-state index in [9.17, 15) is 10.1 Å². The van der Waals surface area contributed by atoms with E-state index in [4.69, 9.17) is 4.52 Å². The standard InChI is InChI=1S/C15H23N3O2/c1-5-7-18(8-6-2)15(19)13(10-16)9-14-11(3)17-20-12(14)4/h13H,5-9H2,1-4H3. The Balaban J connectivity index is 2.84. The fraction of sp³-hybridized carbons (Fsp3) is 0.667. The van der Waals surface area contributed by atoms with Gasteiger partial charge in [-0.25, -0.2) is 0 Å².